The molecule has 0 spiro atoms. The van der Waals surface area contributed by atoms with Gasteiger partial charge in [0.05, 0.1) is 34.5 Å². The van der Waals surface area contributed by atoms with Crippen molar-refractivity contribution in [1.29, 1.82) is 0 Å². The number of amides is 2. The van der Waals surface area contributed by atoms with Crippen molar-refractivity contribution in [2.75, 3.05) is 30.8 Å². The quantitative estimate of drug-likeness (QED) is 0.363. The van der Waals surface area contributed by atoms with E-state index in [4.69, 9.17) is 10.5 Å². The van der Waals surface area contributed by atoms with Crippen LogP contribution >= 0.6 is 0 Å². The van der Waals surface area contributed by atoms with Crippen LogP contribution in [0, 0.1) is 5.41 Å². The number of aromatic nitrogens is 1. The second-order valence-electron chi connectivity index (χ2n) is 8.82. The fraction of sp³-hybridized carbons (Fsp3) is 0.269. The first-order valence-corrected chi connectivity index (χ1v) is 11.5. The summed E-state index contributed by atoms with van der Waals surface area (Å²) in [6.45, 7) is 0.833. The highest BCUT2D eigenvalue weighted by molar-refractivity contribution is 5.95. The zero-order valence-electron chi connectivity index (χ0n) is 19.8. The maximum absolute atomic E-state index is 13.2. The summed E-state index contributed by atoms with van der Waals surface area (Å²) in [5.74, 6) is -0.661. The zero-order valence-corrected chi connectivity index (χ0v) is 19.8. The van der Waals surface area contributed by atoms with Crippen LogP contribution in [-0.4, -0.2) is 36.6 Å². The number of nitrogens with zero attached hydrogens (tertiary/aromatic N) is 1. The van der Waals surface area contributed by atoms with Crippen molar-refractivity contribution < 1.29 is 27.5 Å². The Labute approximate surface area is 211 Å². The van der Waals surface area contributed by atoms with Gasteiger partial charge in [0.1, 0.15) is 0 Å². The molecule has 8 nitrogen and oxygen atoms in total. The van der Waals surface area contributed by atoms with Gasteiger partial charge in [-0.3, -0.25) is 14.6 Å². The normalized spacial score (nSPS) is 17.3. The molecule has 37 heavy (non-hydrogen) atoms. The van der Waals surface area contributed by atoms with E-state index < -0.39 is 23.1 Å². The van der Waals surface area contributed by atoms with Gasteiger partial charge in [0.2, 0.25) is 5.91 Å². The van der Waals surface area contributed by atoms with Crippen LogP contribution in [0.3, 0.4) is 0 Å². The number of anilines is 3. The number of hydrogen-bond acceptors (Lipinski definition) is 6. The Morgan fingerprint density at radius 2 is 1.81 bits per heavy atom. The summed E-state index contributed by atoms with van der Waals surface area (Å²) in [4.78, 5) is 29.5. The zero-order chi connectivity index (χ0) is 26.5. The number of hydrogen-bond donors (Lipinski definition) is 4. The summed E-state index contributed by atoms with van der Waals surface area (Å²) in [6.07, 6.45) is -1.21. The van der Waals surface area contributed by atoms with E-state index >= 15 is 0 Å². The molecular weight excluding hydrogens is 487 g/mol. The molecule has 11 heteroatoms. The van der Waals surface area contributed by atoms with Crippen molar-refractivity contribution >= 4 is 28.9 Å². The highest BCUT2D eigenvalue weighted by Crippen LogP contribution is 2.36. The Kier molecular flexibility index (Phi) is 7.63. The van der Waals surface area contributed by atoms with Gasteiger partial charge in [-0.05, 0) is 42.3 Å². The number of rotatable bonds is 8. The molecule has 1 aliphatic rings. The number of ether oxygens (including phenoxy) is 1. The Balaban J connectivity index is 1.35. The minimum absolute atomic E-state index is 0.0461. The molecule has 2 aromatic carbocycles. The molecule has 0 saturated carbocycles. The van der Waals surface area contributed by atoms with Crippen molar-refractivity contribution in [2.24, 2.45) is 5.41 Å². The summed E-state index contributed by atoms with van der Waals surface area (Å²) >= 11 is 0. The maximum Gasteiger partial charge on any atom is 0.418 e. The van der Waals surface area contributed by atoms with E-state index in [0.717, 1.165) is 11.6 Å². The summed E-state index contributed by atoms with van der Waals surface area (Å²) in [7, 11) is 0. The third kappa shape index (κ3) is 6.36. The van der Waals surface area contributed by atoms with E-state index in [-0.39, 0.29) is 31.3 Å². The molecule has 2 amide bonds. The van der Waals surface area contributed by atoms with Gasteiger partial charge in [0, 0.05) is 37.8 Å². The lowest BCUT2D eigenvalue weighted by Crippen LogP contribution is -2.48. The molecule has 1 aromatic heterocycles. The minimum atomic E-state index is -4.47. The number of carbonyl (C=O) groups is 2. The molecule has 1 fully saturated rings. The third-order valence-electron chi connectivity index (χ3n) is 6.11. The highest BCUT2D eigenvalue weighted by atomic mass is 19.4. The van der Waals surface area contributed by atoms with Crippen LogP contribution in [0.2, 0.25) is 0 Å². The van der Waals surface area contributed by atoms with Gasteiger partial charge in [0.25, 0.3) is 5.91 Å². The SMILES string of the molecule is Nc1cncc(C(=O)NC[C@@]2(C(=O)NCc3ccc(Nc4ccccc4C(F)(F)F)cc3)CCOC2)c1. The van der Waals surface area contributed by atoms with Crippen molar-refractivity contribution in [1.82, 2.24) is 15.6 Å². The van der Waals surface area contributed by atoms with Gasteiger partial charge in [-0.2, -0.15) is 13.2 Å². The van der Waals surface area contributed by atoms with Crippen LogP contribution < -0.4 is 21.7 Å². The summed E-state index contributed by atoms with van der Waals surface area (Å²) < 4.78 is 45.2. The van der Waals surface area contributed by atoms with Gasteiger partial charge in [-0.1, -0.05) is 24.3 Å². The molecule has 0 radical (unpaired) electrons. The van der Waals surface area contributed by atoms with E-state index in [0.29, 0.717) is 30.0 Å². The fourth-order valence-corrected chi connectivity index (χ4v) is 4.01. The molecule has 1 aliphatic heterocycles. The van der Waals surface area contributed by atoms with Crippen molar-refractivity contribution in [3.63, 3.8) is 0 Å². The van der Waals surface area contributed by atoms with Crippen molar-refractivity contribution in [2.45, 2.75) is 19.1 Å². The molecule has 0 aliphatic carbocycles. The standard InChI is InChI=1S/C26H26F3N5O3/c27-26(28,29)21-3-1-2-4-22(21)34-20-7-5-17(6-8-20)12-32-24(36)25(9-10-37-16-25)15-33-23(35)18-11-19(30)14-31-13-18/h1-8,11,13-14,34H,9-10,12,15-16,30H2,(H,32,36)(H,33,35)/t25-/m0/s1. The monoisotopic (exact) mass is 513 g/mol. The average Bonchev–Trinajstić information content (AvgIpc) is 3.37. The molecule has 2 heterocycles. The molecule has 1 saturated heterocycles. The van der Waals surface area contributed by atoms with Crippen LogP contribution in [0.15, 0.2) is 67.0 Å². The highest BCUT2D eigenvalue weighted by Gasteiger charge is 2.42. The molecular formula is C26H26F3N5O3. The van der Waals surface area contributed by atoms with Gasteiger partial charge < -0.3 is 26.4 Å². The number of para-hydroxylation sites is 1. The maximum atomic E-state index is 13.2. The van der Waals surface area contributed by atoms with Gasteiger partial charge >= 0.3 is 6.18 Å². The number of carbonyl (C=O) groups excluding carboxylic acids is 2. The first-order valence-electron chi connectivity index (χ1n) is 11.5. The van der Waals surface area contributed by atoms with E-state index in [1.165, 1.54) is 36.7 Å². The second kappa shape index (κ2) is 10.9. The number of halogens is 3. The summed E-state index contributed by atoms with van der Waals surface area (Å²) in [5, 5.41) is 8.44. The Morgan fingerprint density at radius 3 is 2.49 bits per heavy atom. The number of nitrogens with one attached hydrogen (secondary N) is 3. The number of alkyl halides is 3. The van der Waals surface area contributed by atoms with Crippen molar-refractivity contribution in [3.8, 4) is 0 Å². The number of nitrogens with two attached hydrogens (primary N) is 1. The van der Waals surface area contributed by atoms with Gasteiger partial charge in [-0.15, -0.1) is 0 Å². The van der Waals surface area contributed by atoms with Crippen LogP contribution in [0.1, 0.15) is 27.9 Å². The Hall–Kier alpha value is -4.12. The molecule has 0 bridgehead atoms. The van der Waals surface area contributed by atoms with Crippen LogP contribution in [0.4, 0.5) is 30.2 Å². The van der Waals surface area contributed by atoms with Crippen LogP contribution in [-0.2, 0) is 22.3 Å². The van der Waals surface area contributed by atoms with Gasteiger partial charge in [-0.25, -0.2) is 0 Å². The largest absolute Gasteiger partial charge is 0.418 e. The van der Waals surface area contributed by atoms with Crippen LogP contribution in [0.5, 0.6) is 0 Å². The molecule has 194 valence electrons. The molecule has 0 unspecified atom stereocenters. The summed E-state index contributed by atoms with van der Waals surface area (Å²) in [5.41, 5.74) is 5.84. The fourth-order valence-electron chi connectivity index (χ4n) is 4.01. The van der Waals surface area contributed by atoms with E-state index in [1.807, 2.05) is 0 Å². The van der Waals surface area contributed by atoms with Crippen molar-refractivity contribution in [3.05, 3.63) is 83.7 Å². The van der Waals surface area contributed by atoms with E-state index in [1.54, 1.807) is 24.3 Å². The lowest BCUT2D eigenvalue weighted by molar-refractivity contribution is -0.137. The first-order chi connectivity index (χ1) is 17.7. The smallest absolute Gasteiger partial charge is 0.397 e. The molecule has 1 atom stereocenters. The lowest BCUT2D eigenvalue weighted by Gasteiger charge is -2.26. The third-order valence-corrected chi connectivity index (χ3v) is 6.11. The number of benzene rings is 2. The molecule has 5 N–H and O–H groups in total. The van der Waals surface area contributed by atoms with E-state index in [2.05, 4.69) is 20.9 Å². The Bertz CT molecular complexity index is 1260. The lowest BCUT2D eigenvalue weighted by atomic mass is 9.86. The van der Waals surface area contributed by atoms with E-state index in [9.17, 15) is 22.8 Å². The van der Waals surface area contributed by atoms with Gasteiger partial charge in [0.15, 0.2) is 0 Å². The first kappa shape index (κ1) is 26.0. The second-order valence-corrected chi connectivity index (χ2v) is 8.82. The summed E-state index contributed by atoms with van der Waals surface area (Å²) in [6, 6.07) is 13.5. The number of nitrogen functional groups attached to an aromatic ring is 1. The minimum Gasteiger partial charge on any atom is -0.397 e. The predicted octanol–water partition coefficient (Wildman–Crippen LogP) is 3.88. The average molecular weight is 514 g/mol. The van der Waals surface area contributed by atoms with Crippen LogP contribution in [0.25, 0.3) is 0 Å². The molecule has 3 aromatic rings. The molecule has 4 rings (SSSR count). The topological polar surface area (TPSA) is 118 Å². The number of pyridine rings is 1. The predicted molar refractivity (Wildman–Crippen MR) is 132 cm³/mol. The Morgan fingerprint density at radius 1 is 1.05 bits per heavy atom.